The Bertz CT molecular complexity index is 464. The van der Waals surface area contributed by atoms with Crippen molar-refractivity contribution in [1.82, 2.24) is 10.2 Å². The molecule has 0 saturated carbocycles. The molecular formula is C15H22IN3O2. The standard InChI is InChI=1S/C15H22IN3O2/c16-13-5-1-2-6-14(13)18-15(21)11-19(8-9-20)10-12-4-3-7-17-12/h1-2,5-6,12,17,20H,3-4,7-11H2,(H,18,21). The molecule has 1 aromatic rings. The van der Waals surface area contributed by atoms with Crippen LogP contribution in [0.4, 0.5) is 5.69 Å². The Hall–Kier alpha value is -0.700. The summed E-state index contributed by atoms with van der Waals surface area (Å²) in [5, 5.41) is 15.5. The number of nitrogens with one attached hydrogen (secondary N) is 2. The lowest BCUT2D eigenvalue weighted by Gasteiger charge is -2.24. The van der Waals surface area contributed by atoms with Gasteiger partial charge in [0.2, 0.25) is 5.91 Å². The quantitative estimate of drug-likeness (QED) is 0.601. The van der Waals surface area contributed by atoms with Crippen LogP contribution in [0.25, 0.3) is 0 Å². The van der Waals surface area contributed by atoms with Crippen molar-refractivity contribution < 1.29 is 9.90 Å². The second-order valence-corrected chi connectivity index (χ2v) is 6.44. The SMILES string of the molecule is O=C(CN(CCO)CC1CCCN1)Nc1ccccc1I. The van der Waals surface area contributed by atoms with Crippen molar-refractivity contribution in [2.24, 2.45) is 0 Å². The van der Waals surface area contributed by atoms with E-state index in [1.807, 2.05) is 29.2 Å². The van der Waals surface area contributed by atoms with Crippen LogP contribution in [0.5, 0.6) is 0 Å². The molecule has 1 aliphatic rings. The summed E-state index contributed by atoms with van der Waals surface area (Å²) in [5.74, 6) is -0.0365. The minimum Gasteiger partial charge on any atom is -0.395 e. The fraction of sp³-hybridized carbons (Fsp3) is 0.533. The van der Waals surface area contributed by atoms with Crippen molar-refractivity contribution in [2.45, 2.75) is 18.9 Å². The van der Waals surface area contributed by atoms with Crippen molar-refractivity contribution in [3.05, 3.63) is 27.8 Å². The van der Waals surface area contributed by atoms with Gasteiger partial charge in [-0.3, -0.25) is 9.69 Å². The third kappa shape index (κ3) is 5.54. The van der Waals surface area contributed by atoms with Gasteiger partial charge in [0, 0.05) is 22.7 Å². The average molecular weight is 403 g/mol. The highest BCUT2D eigenvalue weighted by molar-refractivity contribution is 14.1. The Morgan fingerprint density at radius 1 is 1.48 bits per heavy atom. The highest BCUT2D eigenvalue weighted by atomic mass is 127. The lowest BCUT2D eigenvalue weighted by molar-refractivity contribution is -0.117. The molecule has 0 aliphatic carbocycles. The van der Waals surface area contributed by atoms with E-state index in [1.165, 1.54) is 6.42 Å². The van der Waals surface area contributed by atoms with Crippen LogP contribution in [-0.2, 0) is 4.79 Å². The van der Waals surface area contributed by atoms with Crippen molar-refractivity contribution in [3.63, 3.8) is 0 Å². The zero-order valence-corrected chi connectivity index (χ0v) is 14.2. The first-order valence-electron chi connectivity index (χ1n) is 7.30. The maximum absolute atomic E-state index is 12.2. The van der Waals surface area contributed by atoms with Gasteiger partial charge in [0.25, 0.3) is 0 Å². The number of rotatable bonds is 7. The minimum atomic E-state index is -0.0365. The monoisotopic (exact) mass is 403 g/mol. The normalized spacial score (nSPS) is 18.1. The smallest absolute Gasteiger partial charge is 0.238 e. The number of carbonyl (C=O) groups excluding carboxylic acids is 1. The maximum atomic E-state index is 12.2. The van der Waals surface area contributed by atoms with Crippen LogP contribution < -0.4 is 10.6 Å². The number of carbonyl (C=O) groups is 1. The molecule has 0 radical (unpaired) electrons. The second kappa shape index (κ2) is 8.67. The van der Waals surface area contributed by atoms with E-state index in [4.69, 9.17) is 5.11 Å². The number of hydrogen-bond acceptors (Lipinski definition) is 4. The summed E-state index contributed by atoms with van der Waals surface area (Å²) >= 11 is 2.21. The van der Waals surface area contributed by atoms with Crippen LogP contribution in [0.15, 0.2) is 24.3 Å². The van der Waals surface area contributed by atoms with Crippen LogP contribution in [0, 0.1) is 3.57 Å². The first kappa shape index (κ1) is 16.7. The molecule has 1 heterocycles. The van der Waals surface area contributed by atoms with Crippen LogP contribution in [0.3, 0.4) is 0 Å². The van der Waals surface area contributed by atoms with Crippen molar-refractivity contribution in [3.8, 4) is 0 Å². The second-order valence-electron chi connectivity index (χ2n) is 5.28. The number of aliphatic hydroxyl groups excluding tert-OH is 1. The highest BCUT2D eigenvalue weighted by Crippen LogP contribution is 2.16. The van der Waals surface area contributed by atoms with Crippen LogP contribution >= 0.6 is 22.6 Å². The molecule has 1 aliphatic heterocycles. The summed E-state index contributed by atoms with van der Waals surface area (Å²) in [6, 6.07) is 8.15. The topological polar surface area (TPSA) is 64.6 Å². The van der Waals surface area contributed by atoms with Gasteiger partial charge in [-0.2, -0.15) is 0 Å². The predicted molar refractivity (Wildman–Crippen MR) is 92.3 cm³/mol. The first-order valence-corrected chi connectivity index (χ1v) is 8.38. The number of aliphatic hydroxyl groups is 1. The molecule has 6 heteroatoms. The number of nitrogens with zero attached hydrogens (tertiary/aromatic N) is 1. The van der Waals surface area contributed by atoms with Crippen molar-refractivity contribution in [1.29, 1.82) is 0 Å². The molecule has 0 spiro atoms. The fourth-order valence-corrected chi connectivity index (χ4v) is 3.08. The summed E-state index contributed by atoms with van der Waals surface area (Å²) in [6.45, 7) is 2.76. The Morgan fingerprint density at radius 3 is 2.95 bits per heavy atom. The van der Waals surface area contributed by atoms with Crippen LogP contribution in [-0.4, -0.2) is 54.7 Å². The lowest BCUT2D eigenvalue weighted by atomic mass is 10.2. The number of anilines is 1. The Morgan fingerprint density at radius 2 is 2.29 bits per heavy atom. The van der Waals surface area contributed by atoms with E-state index in [1.54, 1.807) is 0 Å². The molecule has 3 N–H and O–H groups in total. The van der Waals surface area contributed by atoms with Gasteiger partial charge in [-0.05, 0) is 54.1 Å². The van der Waals surface area contributed by atoms with Gasteiger partial charge in [-0.1, -0.05) is 12.1 Å². The molecule has 0 aromatic heterocycles. The molecule has 1 aromatic carbocycles. The van der Waals surface area contributed by atoms with Gasteiger partial charge < -0.3 is 15.7 Å². The van der Waals surface area contributed by atoms with E-state index in [0.717, 1.165) is 28.8 Å². The molecular weight excluding hydrogens is 381 g/mol. The van der Waals surface area contributed by atoms with Crippen molar-refractivity contribution in [2.75, 3.05) is 38.1 Å². The molecule has 1 saturated heterocycles. The van der Waals surface area contributed by atoms with Gasteiger partial charge in [0.15, 0.2) is 0 Å². The molecule has 1 amide bonds. The summed E-state index contributed by atoms with van der Waals surface area (Å²) in [4.78, 5) is 14.2. The molecule has 0 bridgehead atoms. The zero-order chi connectivity index (χ0) is 15.1. The van der Waals surface area contributed by atoms with E-state index >= 15 is 0 Å². The Labute approximate surface area is 139 Å². The molecule has 1 atom stereocenters. The highest BCUT2D eigenvalue weighted by Gasteiger charge is 2.19. The number of hydrogen-bond donors (Lipinski definition) is 3. The third-order valence-electron chi connectivity index (χ3n) is 3.57. The summed E-state index contributed by atoms with van der Waals surface area (Å²) in [7, 11) is 0. The molecule has 1 unspecified atom stereocenters. The van der Waals surface area contributed by atoms with Crippen LogP contribution in [0.1, 0.15) is 12.8 Å². The molecule has 1 fully saturated rings. The van der Waals surface area contributed by atoms with E-state index in [-0.39, 0.29) is 12.5 Å². The summed E-state index contributed by atoms with van der Waals surface area (Å²) in [5.41, 5.74) is 0.839. The summed E-state index contributed by atoms with van der Waals surface area (Å²) < 4.78 is 1.02. The third-order valence-corrected chi connectivity index (χ3v) is 4.51. The lowest BCUT2D eigenvalue weighted by Crippen LogP contribution is -2.42. The van der Waals surface area contributed by atoms with Crippen molar-refractivity contribution >= 4 is 34.2 Å². The van der Waals surface area contributed by atoms with Crippen LogP contribution in [0.2, 0.25) is 0 Å². The average Bonchev–Trinajstić information content (AvgIpc) is 2.94. The van der Waals surface area contributed by atoms with Gasteiger partial charge in [-0.15, -0.1) is 0 Å². The molecule has 2 rings (SSSR count). The van der Waals surface area contributed by atoms with E-state index < -0.39 is 0 Å². The van der Waals surface area contributed by atoms with Gasteiger partial charge >= 0.3 is 0 Å². The number of amides is 1. The molecule has 116 valence electrons. The number of benzene rings is 1. The fourth-order valence-electron chi connectivity index (χ4n) is 2.56. The van der Waals surface area contributed by atoms with Gasteiger partial charge in [0.05, 0.1) is 18.8 Å². The van der Waals surface area contributed by atoms with E-state index in [0.29, 0.717) is 19.1 Å². The first-order chi connectivity index (χ1) is 10.2. The van der Waals surface area contributed by atoms with E-state index in [2.05, 4.69) is 33.2 Å². The molecule has 21 heavy (non-hydrogen) atoms. The number of para-hydroxylation sites is 1. The largest absolute Gasteiger partial charge is 0.395 e. The minimum absolute atomic E-state index is 0.0365. The Balaban J connectivity index is 1.86. The Kier molecular flexibility index (Phi) is 6.88. The van der Waals surface area contributed by atoms with Gasteiger partial charge in [-0.25, -0.2) is 0 Å². The predicted octanol–water partition coefficient (Wildman–Crippen LogP) is 1.28. The van der Waals surface area contributed by atoms with E-state index in [9.17, 15) is 4.79 Å². The van der Waals surface area contributed by atoms with Gasteiger partial charge in [0.1, 0.15) is 0 Å². The number of halogens is 1. The zero-order valence-electron chi connectivity index (χ0n) is 12.0. The maximum Gasteiger partial charge on any atom is 0.238 e. The summed E-state index contributed by atoms with van der Waals surface area (Å²) in [6.07, 6.45) is 2.33. The molecule has 5 nitrogen and oxygen atoms in total.